The number of hydrogen-bond acceptors (Lipinski definition) is 1. The highest BCUT2D eigenvalue weighted by molar-refractivity contribution is 5.19. The van der Waals surface area contributed by atoms with Gasteiger partial charge >= 0.3 is 0 Å². The maximum Gasteiger partial charge on any atom is 0.115 e. The molecular formula is C6H4FO-. The molecule has 0 saturated heterocycles. The van der Waals surface area contributed by atoms with Crippen LogP contribution in [0.25, 0.3) is 0 Å². The standard InChI is InChI=1S/C6H5FO/c7-5-3-1-2-4-6(5)8/h1-4,8H/p-1. The molecule has 0 bridgehead atoms. The summed E-state index contributed by atoms with van der Waals surface area (Å²) in [7, 11) is 0. The molecule has 1 nitrogen and oxygen atoms in total. The van der Waals surface area contributed by atoms with Gasteiger partial charge in [0.1, 0.15) is 5.82 Å². The van der Waals surface area contributed by atoms with E-state index >= 15 is 0 Å². The van der Waals surface area contributed by atoms with Gasteiger partial charge in [0, 0.05) is 0 Å². The summed E-state index contributed by atoms with van der Waals surface area (Å²) in [6.45, 7) is 0. The lowest BCUT2D eigenvalue weighted by Gasteiger charge is -2.02. The van der Waals surface area contributed by atoms with Crippen molar-refractivity contribution in [3.63, 3.8) is 0 Å². The lowest BCUT2D eigenvalue weighted by atomic mass is 10.3. The van der Waals surface area contributed by atoms with Crippen LogP contribution in [0.1, 0.15) is 0 Å². The molecule has 0 amide bonds. The minimum absolute atomic E-state index is 0.549. The highest BCUT2D eigenvalue weighted by Crippen LogP contribution is 2.07. The number of para-hydroxylation sites is 1. The first-order valence-electron chi connectivity index (χ1n) is 2.22. The lowest BCUT2D eigenvalue weighted by Crippen LogP contribution is -1.91. The monoisotopic (exact) mass is 111 g/mol. The van der Waals surface area contributed by atoms with Crippen LogP contribution < -0.4 is 5.11 Å². The van der Waals surface area contributed by atoms with E-state index in [-0.39, 0.29) is 0 Å². The van der Waals surface area contributed by atoms with Gasteiger partial charge in [-0.05, 0) is 6.07 Å². The Morgan fingerprint density at radius 1 is 1.25 bits per heavy atom. The van der Waals surface area contributed by atoms with E-state index in [1.54, 1.807) is 0 Å². The second kappa shape index (κ2) is 1.82. The van der Waals surface area contributed by atoms with E-state index in [2.05, 4.69) is 0 Å². The van der Waals surface area contributed by atoms with E-state index in [1.807, 2.05) is 0 Å². The first-order chi connectivity index (χ1) is 3.80. The Morgan fingerprint density at radius 2 is 1.88 bits per heavy atom. The molecule has 0 aliphatic carbocycles. The molecule has 8 heavy (non-hydrogen) atoms. The van der Waals surface area contributed by atoms with Crippen LogP contribution in [-0.2, 0) is 0 Å². The van der Waals surface area contributed by atoms with E-state index in [9.17, 15) is 9.50 Å². The van der Waals surface area contributed by atoms with E-state index in [1.165, 1.54) is 18.2 Å². The van der Waals surface area contributed by atoms with Crippen molar-refractivity contribution in [3.8, 4) is 5.75 Å². The van der Waals surface area contributed by atoms with Crippen molar-refractivity contribution >= 4 is 0 Å². The first kappa shape index (κ1) is 5.09. The molecule has 0 radical (unpaired) electrons. The SMILES string of the molecule is [O-]c1ccccc1F. The van der Waals surface area contributed by atoms with Crippen LogP contribution in [0.5, 0.6) is 5.75 Å². The number of rotatable bonds is 0. The molecule has 0 fully saturated rings. The summed E-state index contributed by atoms with van der Waals surface area (Å²) in [4.78, 5) is 0. The zero-order chi connectivity index (χ0) is 5.98. The molecule has 1 rings (SSSR count). The molecule has 0 atom stereocenters. The Bertz CT molecular complexity index is 165. The maximum absolute atomic E-state index is 12.0. The normalized spacial score (nSPS) is 9.12. The molecule has 0 heterocycles. The summed E-state index contributed by atoms with van der Waals surface area (Å²) in [6, 6.07) is 5.32. The van der Waals surface area contributed by atoms with Gasteiger partial charge < -0.3 is 5.11 Å². The number of benzene rings is 1. The van der Waals surface area contributed by atoms with Gasteiger partial charge in [0.2, 0.25) is 0 Å². The molecule has 1 aromatic rings. The van der Waals surface area contributed by atoms with Crippen molar-refractivity contribution in [2.75, 3.05) is 0 Å². The molecule has 0 unspecified atom stereocenters. The minimum atomic E-state index is -0.687. The Morgan fingerprint density at radius 3 is 2.25 bits per heavy atom. The van der Waals surface area contributed by atoms with Crippen LogP contribution in [0, 0.1) is 5.82 Å². The molecule has 2 heteroatoms. The summed E-state index contributed by atoms with van der Waals surface area (Å²) in [6.07, 6.45) is 0. The summed E-state index contributed by atoms with van der Waals surface area (Å²) in [5.74, 6) is -1.24. The summed E-state index contributed by atoms with van der Waals surface area (Å²) in [5, 5.41) is 10.2. The Balaban J connectivity index is 3.13. The average molecular weight is 111 g/mol. The molecule has 0 N–H and O–H groups in total. The molecule has 42 valence electrons. The van der Waals surface area contributed by atoms with Crippen molar-refractivity contribution in [2.24, 2.45) is 0 Å². The Labute approximate surface area is 46.4 Å². The quantitative estimate of drug-likeness (QED) is 0.487. The van der Waals surface area contributed by atoms with Crippen LogP contribution in [-0.4, -0.2) is 0 Å². The van der Waals surface area contributed by atoms with E-state index in [4.69, 9.17) is 0 Å². The van der Waals surface area contributed by atoms with Gasteiger partial charge in [0.05, 0.1) is 0 Å². The van der Waals surface area contributed by atoms with Crippen molar-refractivity contribution in [1.29, 1.82) is 0 Å². The Hall–Kier alpha value is -1.05. The van der Waals surface area contributed by atoms with E-state index < -0.39 is 11.6 Å². The third kappa shape index (κ3) is 0.780. The second-order valence-electron chi connectivity index (χ2n) is 1.43. The van der Waals surface area contributed by atoms with Crippen LogP contribution in [0.3, 0.4) is 0 Å². The maximum atomic E-state index is 12.0. The number of hydrogen-bond donors (Lipinski definition) is 0. The van der Waals surface area contributed by atoms with Crippen molar-refractivity contribution in [2.45, 2.75) is 0 Å². The minimum Gasteiger partial charge on any atom is -0.870 e. The van der Waals surface area contributed by atoms with Crippen LogP contribution >= 0.6 is 0 Å². The van der Waals surface area contributed by atoms with E-state index in [0.717, 1.165) is 6.07 Å². The van der Waals surface area contributed by atoms with Crippen LogP contribution in [0.4, 0.5) is 4.39 Å². The summed E-state index contributed by atoms with van der Waals surface area (Å²) < 4.78 is 12.0. The van der Waals surface area contributed by atoms with Crippen molar-refractivity contribution < 1.29 is 9.50 Å². The molecule has 1 aromatic carbocycles. The second-order valence-corrected chi connectivity index (χ2v) is 1.43. The van der Waals surface area contributed by atoms with Gasteiger partial charge in [-0.25, -0.2) is 4.39 Å². The molecule has 0 aliphatic heterocycles. The van der Waals surface area contributed by atoms with Crippen molar-refractivity contribution in [3.05, 3.63) is 30.1 Å². The fraction of sp³-hybridized carbons (Fsp3) is 0. The highest BCUT2D eigenvalue weighted by Gasteiger charge is 1.83. The number of halogens is 1. The zero-order valence-electron chi connectivity index (χ0n) is 4.10. The smallest absolute Gasteiger partial charge is 0.115 e. The van der Waals surface area contributed by atoms with Gasteiger partial charge in [-0.2, -0.15) is 0 Å². The van der Waals surface area contributed by atoms with Gasteiger partial charge in [-0.1, -0.05) is 23.9 Å². The molecule has 0 aromatic heterocycles. The Kier molecular flexibility index (Phi) is 1.16. The fourth-order valence-electron chi connectivity index (χ4n) is 0.445. The largest absolute Gasteiger partial charge is 0.870 e. The van der Waals surface area contributed by atoms with Gasteiger partial charge in [-0.15, -0.1) is 0 Å². The van der Waals surface area contributed by atoms with Crippen LogP contribution in [0.2, 0.25) is 0 Å². The predicted octanol–water partition coefficient (Wildman–Crippen LogP) is 0.899. The fourth-order valence-corrected chi connectivity index (χ4v) is 0.445. The topological polar surface area (TPSA) is 23.1 Å². The zero-order valence-corrected chi connectivity index (χ0v) is 4.10. The lowest BCUT2D eigenvalue weighted by molar-refractivity contribution is -0.272. The third-order valence-corrected chi connectivity index (χ3v) is 0.837. The molecule has 0 saturated carbocycles. The van der Waals surface area contributed by atoms with Gasteiger partial charge in [-0.3, -0.25) is 0 Å². The molecular weight excluding hydrogens is 107 g/mol. The van der Waals surface area contributed by atoms with E-state index in [0.29, 0.717) is 0 Å². The highest BCUT2D eigenvalue weighted by atomic mass is 19.1. The average Bonchev–Trinajstić information content (AvgIpc) is 1.77. The molecule has 0 aliphatic rings. The first-order valence-corrected chi connectivity index (χ1v) is 2.22. The summed E-state index contributed by atoms with van der Waals surface area (Å²) >= 11 is 0. The van der Waals surface area contributed by atoms with Crippen molar-refractivity contribution in [1.82, 2.24) is 0 Å². The predicted molar refractivity (Wildman–Crippen MR) is 25.8 cm³/mol. The third-order valence-electron chi connectivity index (χ3n) is 0.837. The van der Waals surface area contributed by atoms with Gasteiger partial charge in [0.25, 0.3) is 0 Å². The van der Waals surface area contributed by atoms with Crippen LogP contribution in [0.15, 0.2) is 24.3 Å². The molecule has 0 spiro atoms. The summed E-state index contributed by atoms with van der Waals surface area (Å²) in [5.41, 5.74) is 0. The van der Waals surface area contributed by atoms with Gasteiger partial charge in [0.15, 0.2) is 0 Å².